The number of H-pyrrole nitrogens is 1. The quantitative estimate of drug-likeness (QED) is 0.513. The molecule has 1 aliphatic rings. The minimum Gasteiger partial charge on any atom is -0.462 e. The SMILES string of the molecule is CCOC(=O)c1cnc(-c2ccc3c(c2)ncn3C2CCCCC2)c2[nH]cnc12. The van der Waals surface area contributed by atoms with Gasteiger partial charge in [-0.15, -0.1) is 0 Å². The van der Waals surface area contributed by atoms with Gasteiger partial charge in [-0.05, 0) is 31.9 Å². The first-order valence-electron chi connectivity index (χ1n) is 10.2. The van der Waals surface area contributed by atoms with Crippen molar-refractivity contribution in [3.8, 4) is 11.3 Å². The van der Waals surface area contributed by atoms with Crippen molar-refractivity contribution in [1.29, 1.82) is 0 Å². The number of esters is 1. The third-order valence-corrected chi connectivity index (χ3v) is 5.77. The molecular formula is C22H23N5O2. The molecule has 0 unspecified atom stereocenters. The molecule has 0 bridgehead atoms. The molecule has 7 nitrogen and oxygen atoms in total. The second-order valence-corrected chi connectivity index (χ2v) is 7.51. The zero-order chi connectivity index (χ0) is 19.8. The first kappa shape index (κ1) is 17.8. The maximum atomic E-state index is 12.2. The van der Waals surface area contributed by atoms with Gasteiger partial charge in [0.25, 0.3) is 0 Å². The number of aromatic nitrogens is 5. The molecule has 3 aromatic heterocycles. The normalized spacial score (nSPS) is 15.2. The van der Waals surface area contributed by atoms with Crippen LogP contribution in [0.4, 0.5) is 0 Å². The lowest BCUT2D eigenvalue weighted by molar-refractivity contribution is 0.0528. The highest BCUT2D eigenvalue weighted by Crippen LogP contribution is 2.33. The third-order valence-electron chi connectivity index (χ3n) is 5.77. The molecule has 29 heavy (non-hydrogen) atoms. The molecule has 4 aromatic rings. The highest BCUT2D eigenvalue weighted by atomic mass is 16.5. The van der Waals surface area contributed by atoms with E-state index < -0.39 is 5.97 Å². The molecule has 1 N–H and O–H groups in total. The van der Waals surface area contributed by atoms with Crippen LogP contribution < -0.4 is 0 Å². The smallest absolute Gasteiger partial charge is 0.341 e. The Morgan fingerprint density at radius 1 is 1.21 bits per heavy atom. The summed E-state index contributed by atoms with van der Waals surface area (Å²) in [6, 6.07) is 6.79. The van der Waals surface area contributed by atoms with E-state index in [0.29, 0.717) is 23.7 Å². The molecule has 148 valence electrons. The summed E-state index contributed by atoms with van der Waals surface area (Å²) >= 11 is 0. The summed E-state index contributed by atoms with van der Waals surface area (Å²) in [7, 11) is 0. The number of aromatic amines is 1. The largest absolute Gasteiger partial charge is 0.462 e. The molecule has 7 heteroatoms. The average molecular weight is 389 g/mol. The molecule has 3 heterocycles. The Bertz CT molecular complexity index is 1190. The van der Waals surface area contributed by atoms with E-state index in [1.165, 1.54) is 32.1 Å². The number of ether oxygens (including phenoxy) is 1. The maximum Gasteiger partial charge on any atom is 0.341 e. The van der Waals surface area contributed by atoms with Gasteiger partial charge < -0.3 is 14.3 Å². The molecule has 0 saturated heterocycles. The predicted octanol–water partition coefficient (Wildman–Crippen LogP) is 4.66. The summed E-state index contributed by atoms with van der Waals surface area (Å²) in [6.07, 6.45) is 11.4. The lowest BCUT2D eigenvalue weighted by Gasteiger charge is -2.23. The lowest BCUT2D eigenvalue weighted by Crippen LogP contribution is -2.11. The second kappa shape index (κ2) is 7.31. The highest BCUT2D eigenvalue weighted by molar-refractivity contribution is 6.05. The Hall–Kier alpha value is -3.22. The number of hydrogen-bond donors (Lipinski definition) is 1. The van der Waals surface area contributed by atoms with Gasteiger partial charge in [0, 0.05) is 17.8 Å². The summed E-state index contributed by atoms with van der Waals surface area (Å²) < 4.78 is 7.44. The second-order valence-electron chi connectivity index (χ2n) is 7.51. The van der Waals surface area contributed by atoms with Crippen molar-refractivity contribution in [2.75, 3.05) is 6.61 Å². The van der Waals surface area contributed by atoms with E-state index in [1.54, 1.807) is 19.4 Å². The van der Waals surface area contributed by atoms with Crippen molar-refractivity contribution < 1.29 is 9.53 Å². The molecular weight excluding hydrogens is 366 g/mol. The molecule has 0 spiro atoms. The first-order chi connectivity index (χ1) is 14.3. The van der Waals surface area contributed by atoms with Gasteiger partial charge in [-0.2, -0.15) is 0 Å². The van der Waals surface area contributed by atoms with Crippen LogP contribution in [0.5, 0.6) is 0 Å². The number of nitrogens with one attached hydrogen (secondary N) is 1. The number of pyridine rings is 1. The van der Waals surface area contributed by atoms with E-state index in [4.69, 9.17) is 4.74 Å². The Labute approximate surface area is 168 Å². The fraction of sp³-hybridized carbons (Fsp3) is 0.364. The van der Waals surface area contributed by atoms with Gasteiger partial charge in [0.2, 0.25) is 0 Å². The van der Waals surface area contributed by atoms with Crippen LogP contribution in [0.15, 0.2) is 37.1 Å². The highest BCUT2D eigenvalue weighted by Gasteiger charge is 2.20. The maximum absolute atomic E-state index is 12.2. The average Bonchev–Trinajstić information content (AvgIpc) is 3.40. The Morgan fingerprint density at radius 3 is 2.90 bits per heavy atom. The zero-order valence-electron chi connectivity index (χ0n) is 16.4. The fourth-order valence-electron chi connectivity index (χ4n) is 4.34. The molecule has 1 aromatic carbocycles. The number of fused-ring (bicyclic) bond motifs is 2. The van der Waals surface area contributed by atoms with Crippen molar-refractivity contribution in [1.82, 2.24) is 24.5 Å². The molecule has 1 fully saturated rings. The third kappa shape index (κ3) is 3.06. The van der Waals surface area contributed by atoms with Crippen LogP contribution in [0.1, 0.15) is 55.4 Å². The van der Waals surface area contributed by atoms with Crippen LogP contribution in [-0.4, -0.2) is 37.1 Å². The summed E-state index contributed by atoms with van der Waals surface area (Å²) in [6.45, 7) is 2.09. The van der Waals surface area contributed by atoms with Crippen LogP contribution in [-0.2, 0) is 4.74 Å². The molecule has 5 rings (SSSR count). The molecule has 0 radical (unpaired) electrons. The van der Waals surface area contributed by atoms with E-state index in [9.17, 15) is 4.79 Å². The fourth-order valence-corrected chi connectivity index (χ4v) is 4.34. The monoisotopic (exact) mass is 389 g/mol. The van der Waals surface area contributed by atoms with E-state index in [-0.39, 0.29) is 0 Å². The minimum atomic E-state index is -0.412. The number of rotatable bonds is 4. The number of hydrogen-bond acceptors (Lipinski definition) is 5. The summed E-state index contributed by atoms with van der Waals surface area (Å²) in [5.41, 5.74) is 5.47. The van der Waals surface area contributed by atoms with Gasteiger partial charge in [-0.25, -0.2) is 14.8 Å². The van der Waals surface area contributed by atoms with Gasteiger partial charge >= 0.3 is 5.97 Å². The lowest BCUT2D eigenvalue weighted by atomic mass is 9.95. The van der Waals surface area contributed by atoms with Crippen LogP contribution in [0.3, 0.4) is 0 Å². The zero-order valence-corrected chi connectivity index (χ0v) is 16.4. The van der Waals surface area contributed by atoms with Crippen molar-refractivity contribution in [2.24, 2.45) is 0 Å². The van der Waals surface area contributed by atoms with Gasteiger partial charge in [0.15, 0.2) is 0 Å². The molecule has 1 saturated carbocycles. The molecule has 0 aliphatic heterocycles. The standard InChI is InChI=1S/C22H23N5O2/c1-2-29-22(28)16-11-23-19(21-20(16)24-12-25-21)14-8-9-18-17(10-14)26-13-27(18)15-6-4-3-5-7-15/h8-13,15H,2-7H2,1H3,(H,24,25). The number of nitrogens with zero attached hydrogens (tertiary/aromatic N) is 4. The number of imidazole rings is 2. The van der Waals surface area contributed by atoms with Gasteiger partial charge in [0.05, 0.1) is 41.5 Å². The summed E-state index contributed by atoms with van der Waals surface area (Å²) in [5.74, 6) is -0.412. The first-order valence-corrected chi connectivity index (χ1v) is 10.2. The van der Waals surface area contributed by atoms with Gasteiger partial charge in [-0.1, -0.05) is 25.3 Å². The van der Waals surface area contributed by atoms with E-state index in [0.717, 1.165) is 27.8 Å². The van der Waals surface area contributed by atoms with E-state index in [2.05, 4.69) is 42.7 Å². The van der Waals surface area contributed by atoms with Crippen molar-refractivity contribution >= 4 is 28.0 Å². The number of carbonyl (C=O) groups is 1. The minimum absolute atomic E-state index is 0.312. The molecule has 1 aliphatic carbocycles. The van der Waals surface area contributed by atoms with Crippen LogP contribution >= 0.6 is 0 Å². The van der Waals surface area contributed by atoms with Crippen LogP contribution in [0.2, 0.25) is 0 Å². The van der Waals surface area contributed by atoms with Gasteiger partial charge in [0.1, 0.15) is 11.1 Å². The van der Waals surface area contributed by atoms with E-state index in [1.807, 2.05) is 6.33 Å². The Morgan fingerprint density at radius 2 is 2.07 bits per heavy atom. The molecule has 0 atom stereocenters. The Balaban J connectivity index is 1.56. The summed E-state index contributed by atoms with van der Waals surface area (Å²) in [5, 5.41) is 0. The summed E-state index contributed by atoms with van der Waals surface area (Å²) in [4.78, 5) is 28.8. The van der Waals surface area contributed by atoms with E-state index >= 15 is 0 Å². The number of carbonyl (C=O) groups excluding carboxylic acids is 1. The van der Waals surface area contributed by atoms with Crippen LogP contribution in [0.25, 0.3) is 33.3 Å². The van der Waals surface area contributed by atoms with Crippen molar-refractivity contribution in [3.05, 3.63) is 42.6 Å². The van der Waals surface area contributed by atoms with Crippen LogP contribution in [0, 0.1) is 0 Å². The van der Waals surface area contributed by atoms with Crippen molar-refractivity contribution in [2.45, 2.75) is 45.1 Å². The van der Waals surface area contributed by atoms with Gasteiger partial charge in [-0.3, -0.25) is 4.98 Å². The predicted molar refractivity (Wildman–Crippen MR) is 111 cm³/mol. The Kier molecular flexibility index (Phi) is 4.50. The molecule has 0 amide bonds. The van der Waals surface area contributed by atoms with Crippen molar-refractivity contribution in [3.63, 3.8) is 0 Å². The topological polar surface area (TPSA) is 85.7 Å². The number of benzene rings is 1.